The first-order valence-corrected chi connectivity index (χ1v) is 6.40. The Labute approximate surface area is 116 Å². The zero-order valence-electron chi connectivity index (χ0n) is 11.1. The summed E-state index contributed by atoms with van der Waals surface area (Å²) in [4.78, 5) is 15.7. The van der Waals surface area contributed by atoms with E-state index in [-0.39, 0.29) is 5.56 Å². The number of carbonyl (C=O) groups is 1. The monoisotopic (exact) mass is 266 g/mol. The van der Waals surface area contributed by atoms with Crippen molar-refractivity contribution in [2.45, 2.75) is 13.5 Å². The molecular weight excluding hydrogens is 252 g/mol. The Kier molecular flexibility index (Phi) is 2.99. The molecule has 3 aromatic rings. The normalized spacial score (nSPS) is 10.8. The second-order valence-corrected chi connectivity index (χ2v) is 4.71. The first-order valence-electron chi connectivity index (χ1n) is 6.40. The molecule has 4 heteroatoms. The fourth-order valence-electron chi connectivity index (χ4n) is 2.40. The number of nitrogens with zero attached hydrogens (tertiary/aromatic N) is 2. The minimum atomic E-state index is -0.944. The van der Waals surface area contributed by atoms with Gasteiger partial charge in [-0.05, 0) is 24.6 Å². The van der Waals surface area contributed by atoms with Crippen molar-refractivity contribution in [2.75, 3.05) is 0 Å². The van der Waals surface area contributed by atoms with Crippen LogP contribution in [0.15, 0.2) is 48.5 Å². The van der Waals surface area contributed by atoms with Gasteiger partial charge in [0.2, 0.25) is 0 Å². The molecule has 0 unspecified atom stereocenters. The van der Waals surface area contributed by atoms with Crippen LogP contribution in [0.3, 0.4) is 0 Å². The van der Waals surface area contributed by atoms with E-state index in [1.807, 2.05) is 47.9 Å². The Morgan fingerprint density at radius 2 is 1.90 bits per heavy atom. The van der Waals surface area contributed by atoms with Crippen molar-refractivity contribution >= 4 is 17.0 Å². The van der Waals surface area contributed by atoms with Gasteiger partial charge in [-0.2, -0.15) is 0 Å². The van der Waals surface area contributed by atoms with Gasteiger partial charge in [0.05, 0.1) is 11.1 Å². The van der Waals surface area contributed by atoms with Gasteiger partial charge >= 0.3 is 5.97 Å². The molecule has 2 aromatic carbocycles. The van der Waals surface area contributed by atoms with Gasteiger partial charge < -0.3 is 9.67 Å². The van der Waals surface area contributed by atoms with Crippen LogP contribution >= 0.6 is 0 Å². The van der Waals surface area contributed by atoms with Gasteiger partial charge in [-0.25, -0.2) is 9.78 Å². The molecule has 0 aliphatic carbocycles. The number of carboxylic acids is 1. The maximum Gasteiger partial charge on any atom is 0.337 e. The van der Waals surface area contributed by atoms with Crippen LogP contribution in [0.4, 0.5) is 0 Å². The van der Waals surface area contributed by atoms with Crippen LogP contribution in [0.1, 0.15) is 21.7 Å². The van der Waals surface area contributed by atoms with E-state index in [1.54, 1.807) is 12.1 Å². The minimum absolute atomic E-state index is 0.248. The van der Waals surface area contributed by atoms with Crippen molar-refractivity contribution in [2.24, 2.45) is 0 Å². The van der Waals surface area contributed by atoms with Gasteiger partial charge in [0.15, 0.2) is 0 Å². The SMILES string of the molecule is Cc1nc2c(C(=O)O)cccc2n1Cc1ccccc1. The summed E-state index contributed by atoms with van der Waals surface area (Å²) in [6, 6.07) is 15.3. The molecule has 4 nitrogen and oxygen atoms in total. The Morgan fingerprint density at radius 1 is 1.15 bits per heavy atom. The molecule has 0 radical (unpaired) electrons. The lowest BCUT2D eigenvalue weighted by molar-refractivity contribution is 0.0699. The number of rotatable bonds is 3. The molecule has 0 saturated heterocycles. The molecule has 20 heavy (non-hydrogen) atoms. The second kappa shape index (κ2) is 4.81. The topological polar surface area (TPSA) is 55.1 Å². The molecule has 0 amide bonds. The van der Waals surface area contributed by atoms with E-state index in [1.165, 1.54) is 0 Å². The summed E-state index contributed by atoms with van der Waals surface area (Å²) < 4.78 is 2.04. The fourth-order valence-corrected chi connectivity index (χ4v) is 2.40. The van der Waals surface area contributed by atoms with E-state index in [2.05, 4.69) is 4.98 Å². The average molecular weight is 266 g/mol. The number of aromatic nitrogens is 2. The minimum Gasteiger partial charge on any atom is -0.478 e. The molecular formula is C16H14N2O2. The van der Waals surface area contributed by atoms with E-state index >= 15 is 0 Å². The van der Waals surface area contributed by atoms with Gasteiger partial charge in [0.1, 0.15) is 11.3 Å². The third kappa shape index (κ3) is 2.05. The highest BCUT2D eigenvalue weighted by atomic mass is 16.4. The van der Waals surface area contributed by atoms with Gasteiger partial charge in [-0.3, -0.25) is 0 Å². The number of aromatic carboxylic acids is 1. The summed E-state index contributed by atoms with van der Waals surface area (Å²) in [5.41, 5.74) is 2.81. The predicted octanol–water partition coefficient (Wildman–Crippen LogP) is 3.09. The molecule has 1 N–H and O–H groups in total. The molecule has 1 heterocycles. The van der Waals surface area contributed by atoms with Gasteiger partial charge in [-0.15, -0.1) is 0 Å². The summed E-state index contributed by atoms with van der Waals surface area (Å²) in [5, 5.41) is 9.22. The molecule has 100 valence electrons. The van der Waals surface area contributed by atoms with Crippen molar-refractivity contribution in [1.29, 1.82) is 0 Å². The van der Waals surface area contributed by atoms with Crippen LogP contribution in [-0.4, -0.2) is 20.6 Å². The Balaban J connectivity index is 2.14. The van der Waals surface area contributed by atoms with Gasteiger partial charge in [0, 0.05) is 6.54 Å². The summed E-state index contributed by atoms with van der Waals surface area (Å²) >= 11 is 0. The molecule has 0 fully saturated rings. The maximum atomic E-state index is 11.2. The number of carboxylic acid groups (broad SMARTS) is 1. The standard InChI is InChI=1S/C16H14N2O2/c1-11-17-15-13(16(19)20)8-5-9-14(15)18(11)10-12-6-3-2-4-7-12/h2-9H,10H2,1H3,(H,19,20). The van der Waals surface area contributed by atoms with Crippen LogP contribution < -0.4 is 0 Å². The number of hydrogen-bond acceptors (Lipinski definition) is 2. The lowest BCUT2D eigenvalue weighted by Gasteiger charge is -2.07. The molecule has 0 aliphatic rings. The zero-order chi connectivity index (χ0) is 14.1. The number of fused-ring (bicyclic) bond motifs is 1. The van der Waals surface area contributed by atoms with Crippen molar-refractivity contribution in [3.8, 4) is 0 Å². The lowest BCUT2D eigenvalue weighted by atomic mass is 10.2. The lowest BCUT2D eigenvalue weighted by Crippen LogP contribution is -2.02. The van der Waals surface area contributed by atoms with Crippen LogP contribution in [-0.2, 0) is 6.54 Å². The third-order valence-electron chi connectivity index (χ3n) is 3.38. The molecule has 0 aliphatic heterocycles. The number of aryl methyl sites for hydroxylation is 1. The number of para-hydroxylation sites is 1. The Bertz CT molecular complexity index is 776. The molecule has 0 bridgehead atoms. The van der Waals surface area contributed by atoms with Crippen LogP contribution in [0.5, 0.6) is 0 Å². The van der Waals surface area contributed by atoms with E-state index in [9.17, 15) is 9.90 Å². The summed E-state index contributed by atoms with van der Waals surface area (Å²) in [7, 11) is 0. The zero-order valence-corrected chi connectivity index (χ0v) is 11.1. The van der Waals surface area contributed by atoms with E-state index in [4.69, 9.17) is 0 Å². The maximum absolute atomic E-state index is 11.2. The smallest absolute Gasteiger partial charge is 0.337 e. The molecule has 0 saturated carbocycles. The Morgan fingerprint density at radius 3 is 2.60 bits per heavy atom. The first kappa shape index (κ1) is 12.4. The van der Waals surface area contributed by atoms with E-state index < -0.39 is 5.97 Å². The molecule has 0 spiro atoms. The fraction of sp³-hybridized carbons (Fsp3) is 0.125. The number of benzene rings is 2. The largest absolute Gasteiger partial charge is 0.478 e. The van der Waals surface area contributed by atoms with Crippen LogP contribution in [0.25, 0.3) is 11.0 Å². The highest BCUT2D eigenvalue weighted by molar-refractivity contribution is 6.01. The van der Waals surface area contributed by atoms with Crippen molar-refractivity contribution in [3.63, 3.8) is 0 Å². The Hall–Kier alpha value is -2.62. The quantitative estimate of drug-likeness (QED) is 0.792. The van der Waals surface area contributed by atoms with Crippen molar-refractivity contribution in [1.82, 2.24) is 9.55 Å². The molecule has 1 aromatic heterocycles. The molecule has 3 rings (SSSR count). The van der Waals surface area contributed by atoms with Gasteiger partial charge in [-0.1, -0.05) is 36.4 Å². The molecule has 0 atom stereocenters. The highest BCUT2D eigenvalue weighted by Gasteiger charge is 2.14. The van der Waals surface area contributed by atoms with Crippen molar-refractivity contribution < 1.29 is 9.90 Å². The second-order valence-electron chi connectivity index (χ2n) is 4.71. The first-order chi connectivity index (χ1) is 9.66. The van der Waals surface area contributed by atoms with E-state index in [0.29, 0.717) is 12.1 Å². The highest BCUT2D eigenvalue weighted by Crippen LogP contribution is 2.21. The number of hydrogen-bond donors (Lipinski definition) is 1. The van der Waals surface area contributed by atoms with Crippen LogP contribution in [0, 0.1) is 6.92 Å². The number of imidazole rings is 1. The van der Waals surface area contributed by atoms with Crippen molar-refractivity contribution in [3.05, 3.63) is 65.5 Å². The van der Waals surface area contributed by atoms with E-state index in [0.717, 1.165) is 16.9 Å². The van der Waals surface area contributed by atoms with Crippen LogP contribution in [0.2, 0.25) is 0 Å². The summed E-state index contributed by atoms with van der Waals surface area (Å²) in [6.45, 7) is 2.58. The summed E-state index contributed by atoms with van der Waals surface area (Å²) in [6.07, 6.45) is 0. The third-order valence-corrected chi connectivity index (χ3v) is 3.38. The van der Waals surface area contributed by atoms with Gasteiger partial charge in [0.25, 0.3) is 0 Å². The summed E-state index contributed by atoms with van der Waals surface area (Å²) in [5.74, 6) is -0.127. The average Bonchev–Trinajstić information content (AvgIpc) is 2.76. The predicted molar refractivity (Wildman–Crippen MR) is 77.0 cm³/mol.